The first-order valence-corrected chi connectivity index (χ1v) is 6.34. The van der Waals surface area contributed by atoms with Crippen molar-refractivity contribution >= 4 is 17.4 Å². The van der Waals surface area contributed by atoms with Crippen LogP contribution in [0.3, 0.4) is 0 Å². The molecule has 2 aromatic rings. The summed E-state index contributed by atoms with van der Waals surface area (Å²) in [5.41, 5.74) is -0.0574. The van der Waals surface area contributed by atoms with Crippen molar-refractivity contribution in [2.45, 2.75) is 13.8 Å². The van der Waals surface area contributed by atoms with Crippen molar-refractivity contribution in [3.05, 3.63) is 47.4 Å². The summed E-state index contributed by atoms with van der Waals surface area (Å²) in [6, 6.07) is 1.95. The second-order valence-corrected chi connectivity index (χ2v) is 4.35. The Kier molecular flexibility index (Phi) is 4.42. The zero-order chi connectivity index (χ0) is 15.4. The fourth-order valence-electron chi connectivity index (χ4n) is 1.65. The molecular weight excluding hydrogens is 278 g/mol. The molecule has 7 heteroatoms. The number of hydrogen-bond donors (Lipinski definition) is 2. The smallest absolute Gasteiger partial charge is 0.275 e. The summed E-state index contributed by atoms with van der Waals surface area (Å²) in [5, 5.41) is 5.20. The van der Waals surface area contributed by atoms with Gasteiger partial charge in [-0.05, 0) is 25.5 Å². The highest BCUT2D eigenvalue weighted by molar-refractivity contribution is 6.02. The molecule has 0 saturated heterocycles. The number of carbonyl (C=O) groups excluding carboxylic acids is 1. The number of carbonyl (C=O) groups is 1. The molecule has 2 N–H and O–H groups in total. The number of hydrogen-bond acceptors (Lipinski definition) is 4. The maximum atomic E-state index is 13.6. The van der Waals surface area contributed by atoms with E-state index in [1.165, 1.54) is 19.3 Å². The summed E-state index contributed by atoms with van der Waals surface area (Å²) in [5.74, 6) is -1.44. The van der Waals surface area contributed by atoms with Crippen LogP contribution in [0.15, 0.2) is 24.5 Å². The first-order chi connectivity index (χ1) is 10.0. The van der Waals surface area contributed by atoms with Gasteiger partial charge in [0.1, 0.15) is 23.1 Å². The maximum Gasteiger partial charge on any atom is 0.275 e. The van der Waals surface area contributed by atoms with Crippen LogP contribution in [0.25, 0.3) is 0 Å². The van der Waals surface area contributed by atoms with Gasteiger partial charge in [0.25, 0.3) is 5.91 Å². The Morgan fingerprint density at radius 2 is 1.95 bits per heavy atom. The lowest BCUT2D eigenvalue weighted by atomic mass is 10.2. The summed E-state index contributed by atoms with van der Waals surface area (Å²) in [6.07, 6.45) is 2.65. The lowest BCUT2D eigenvalue weighted by Gasteiger charge is -2.08. The number of aromatic nitrogens is 2. The fourth-order valence-corrected chi connectivity index (χ4v) is 1.65. The molecule has 21 heavy (non-hydrogen) atoms. The van der Waals surface area contributed by atoms with Crippen LogP contribution in [0, 0.1) is 18.6 Å². The topological polar surface area (TPSA) is 66.9 Å². The van der Waals surface area contributed by atoms with Crippen LogP contribution in [-0.2, 0) is 0 Å². The van der Waals surface area contributed by atoms with Gasteiger partial charge in [-0.3, -0.25) is 4.79 Å². The van der Waals surface area contributed by atoms with Gasteiger partial charge in [0, 0.05) is 12.6 Å². The number of nitrogens with one attached hydrogen (secondary N) is 2. The Morgan fingerprint density at radius 1 is 1.19 bits per heavy atom. The molecular formula is C14H14F2N4O. The molecule has 110 valence electrons. The highest BCUT2D eigenvalue weighted by Gasteiger charge is 2.13. The predicted molar refractivity (Wildman–Crippen MR) is 75.2 cm³/mol. The van der Waals surface area contributed by atoms with Gasteiger partial charge in [0.15, 0.2) is 0 Å². The molecule has 0 radical (unpaired) electrons. The summed E-state index contributed by atoms with van der Waals surface area (Å²) in [7, 11) is 0. The normalized spacial score (nSPS) is 10.3. The van der Waals surface area contributed by atoms with E-state index in [-0.39, 0.29) is 16.9 Å². The third kappa shape index (κ3) is 3.50. The minimum atomic E-state index is -0.709. The van der Waals surface area contributed by atoms with E-state index in [1.807, 2.05) is 6.92 Å². The van der Waals surface area contributed by atoms with Gasteiger partial charge in [-0.1, -0.05) is 0 Å². The van der Waals surface area contributed by atoms with Crippen molar-refractivity contribution in [2.75, 3.05) is 17.2 Å². The van der Waals surface area contributed by atoms with Crippen LogP contribution in [-0.4, -0.2) is 22.4 Å². The maximum absolute atomic E-state index is 13.6. The highest BCUT2D eigenvalue weighted by atomic mass is 19.1. The molecule has 1 amide bonds. The molecule has 0 aliphatic rings. The van der Waals surface area contributed by atoms with E-state index in [0.29, 0.717) is 12.4 Å². The Labute approximate surface area is 120 Å². The third-order valence-corrected chi connectivity index (χ3v) is 2.74. The van der Waals surface area contributed by atoms with Crippen LogP contribution in [0.4, 0.5) is 20.3 Å². The molecule has 1 heterocycles. The van der Waals surface area contributed by atoms with Gasteiger partial charge in [-0.25, -0.2) is 18.7 Å². The van der Waals surface area contributed by atoms with E-state index in [0.717, 1.165) is 12.1 Å². The van der Waals surface area contributed by atoms with Crippen molar-refractivity contribution in [3.8, 4) is 0 Å². The SMILES string of the molecule is CCNc1cnc(C(=O)Nc2cc(F)c(C)cc2F)cn1. The highest BCUT2D eigenvalue weighted by Crippen LogP contribution is 2.19. The van der Waals surface area contributed by atoms with Crippen molar-refractivity contribution in [2.24, 2.45) is 0 Å². The molecule has 1 aromatic heterocycles. The van der Waals surface area contributed by atoms with E-state index >= 15 is 0 Å². The molecule has 5 nitrogen and oxygen atoms in total. The Bertz CT molecular complexity index is 659. The van der Waals surface area contributed by atoms with E-state index in [9.17, 15) is 13.6 Å². The van der Waals surface area contributed by atoms with Gasteiger partial charge in [-0.2, -0.15) is 0 Å². The van der Waals surface area contributed by atoms with E-state index in [4.69, 9.17) is 0 Å². The van der Waals surface area contributed by atoms with Crippen LogP contribution in [0.1, 0.15) is 23.0 Å². The number of nitrogens with zero attached hydrogens (tertiary/aromatic N) is 2. The molecule has 0 fully saturated rings. The number of anilines is 2. The van der Waals surface area contributed by atoms with Gasteiger partial charge in [-0.15, -0.1) is 0 Å². The minimum absolute atomic E-state index is 0.0111. The molecule has 2 rings (SSSR count). The lowest BCUT2D eigenvalue weighted by Crippen LogP contribution is -2.15. The first kappa shape index (κ1) is 14.8. The average Bonchev–Trinajstić information content (AvgIpc) is 2.46. The molecule has 0 saturated carbocycles. The van der Waals surface area contributed by atoms with Crippen LogP contribution < -0.4 is 10.6 Å². The Hall–Kier alpha value is -2.57. The summed E-state index contributed by atoms with van der Waals surface area (Å²) in [6.45, 7) is 4.01. The van der Waals surface area contributed by atoms with Gasteiger partial charge >= 0.3 is 0 Å². The molecule has 0 aliphatic carbocycles. The molecule has 0 spiro atoms. The van der Waals surface area contributed by atoms with E-state index in [1.54, 1.807) is 0 Å². The Balaban J connectivity index is 2.16. The first-order valence-electron chi connectivity index (χ1n) is 6.34. The zero-order valence-corrected chi connectivity index (χ0v) is 11.6. The molecule has 1 aromatic carbocycles. The standard InChI is InChI=1S/C14H14F2N4O/c1-3-17-13-7-18-12(6-19-13)14(21)20-11-5-9(15)8(2)4-10(11)16/h4-7H,3H2,1-2H3,(H,17,19)(H,20,21). The average molecular weight is 292 g/mol. The molecule has 0 unspecified atom stereocenters. The van der Waals surface area contributed by atoms with Crippen molar-refractivity contribution in [1.82, 2.24) is 9.97 Å². The minimum Gasteiger partial charge on any atom is -0.369 e. The second kappa shape index (κ2) is 6.25. The molecule has 0 atom stereocenters. The number of amides is 1. The van der Waals surface area contributed by atoms with Crippen LogP contribution in [0.2, 0.25) is 0 Å². The van der Waals surface area contributed by atoms with Gasteiger partial charge in [0.05, 0.1) is 18.1 Å². The number of aryl methyl sites for hydroxylation is 1. The van der Waals surface area contributed by atoms with Gasteiger partial charge in [0.2, 0.25) is 0 Å². The fraction of sp³-hybridized carbons (Fsp3) is 0.214. The van der Waals surface area contributed by atoms with Crippen molar-refractivity contribution in [1.29, 1.82) is 0 Å². The van der Waals surface area contributed by atoms with Crippen molar-refractivity contribution < 1.29 is 13.6 Å². The molecule has 0 aliphatic heterocycles. The largest absolute Gasteiger partial charge is 0.369 e. The van der Waals surface area contributed by atoms with E-state index < -0.39 is 17.5 Å². The number of rotatable bonds is 4. The summed E-state index contributed by atoms with van der Waals surface area (Å²) >= 11 is 0. The van der Waals surface area contributed by atoms with Crippen LogP contribution >= 0.6 is 0 Å². The number of halogens is 2. The monoisotopic (exact) mass is 292 g/mol. The lowest BCUT2D eigenvalue weighted by molar-refractivity contribution is 0.102. The Morgan fingerprint density at radius 3 is 2.57 bits per heavy atom. The van der Waals surface area contributed by atoms with Crippen molar-refractivity contribution in [3.63, 3.8) is 0 Å². The summed E-state index contributed by atoms with van der Waals surface area (Å²) in [4.78, 5) is 19.8. The quantitative estimate of drug-likeness (QED) is 0.909. The number of benzene rings is 1. The van der Waals surface area contributed by atoms with Gasteiger partial charge < -0.3 is 10.6 Å². The zero-order valence-electron chi connectivity index (χ0n) is 11.6. The second-order valence-electron chi connectivity index (χ2n) is 4.35. The van der Waals surface area contributed by atoms with E-state index in [2.05, 4.69) is 20.6 Å². The summed E-state index contributed by atoms with van der Waals surface area (Å²) < 4.78 is 27.0. The van der Waals surface area contributed by atoms with Crippen LogP contribution in [0.5, 0.6) is 0 Å². The molecule has 0 bridgehead atoms. The predicted octanol–water partition coefficient (Wildman–Crippen LogP) is 2.75. The third-order valence-electron chi connectivity index (χ3n) is 2.74.